The number of hydrogen-bond acceptors (Lipinski definition) is 3. The third-order valence-corrected chi connectivity index (χ3v) is 5.33. The Balaban J connectivity index is 1.64. The predicted molar refractivity (Wildman–Crippen MR) is 130 cm³/mol. The van der Waals surface area contributed by atoms with Crippen LogP contribution >= 0.6 is 0 Å². The fraction of sp³-hybridized carbons (Fsp3) is 0.462. The summed E-state index contributed by atoms with van der Waals surface area (Å²) in [6.45, 7) is 11.7. The lowest BCUT2D eigenvalue weighted by Gasteiger charge is -2.17. The topological polar surface area (TPSA) is 66.0 Å². The van der Waals surface area contributed by atoms with E-state index in [2.05, 4.69) is 60.9 Å². The van der Waals surface area contributed by atoms with Crippen LogP contribution in [0.4, 0.5) is 0 Å². The monoisotopic (exact) mass is 436 g/mol. The molecule has 0 aliphatic carbocycles. The highest BCUT2D eigenvalue weighted by molar-refractivity contribution is 5.80. The van der Waals surface area contributed by atoms with Crippen molar-refractivity contribution in [3.05, 3.63) is 64.7 Å². The molecule has 1 fully saturated rings. The number of nitrogens with one attached hydrogen (secondary N) is 2. The zero-order valence-corrected chi connectivity index (χ0v) is 19.8. The number of benzene rings is 2. The molecule has 32 heavy (non-hydrogen) atoms. The average molecular weight is 437 g/mol. The Morgan fingerprint density at radius 1 is 1.16 bits per heavy atom. The number of guanidine groups is 1. The second kappa shape index (κ2) is 11.6. The molecule has 172 valence electrons. The van der Waals surface area contributed by atoms with E-state index in [9.17, 15) is 4.79 Å². The lowest BCUT2D eigenvalue weighted by molar-refractivity contribution is -0.128. The number of carbonyl (C=O) groups excluding carboxylic acids is 1. The molecule has 1 aliphatic heterocycles. The second-order valence-corrected chi connectivity index (χ2v) is 8.57. The van der Waals surface area contributed by atoms with Gasteiger partial charge in [0.1, 0.15) is 5.75 Å². The zero-order valence-electron chi connectivity index (χ0n) is 19.8. The van der Waals surface area contributed by atoms with E-state index in [1.807, 2.05) is 24.8 Å². The van der Waals surface area contributed by atoms with E-state index in [1.54, 1.807) is 0 Å². The van der Waals surface area contributed by atoms with Crippen molar-refractivity contribution < 1.29 is 9.53 Å². The molecule has 0 saturated carbocycles. The van der Waals surface area contributed by atoms with Gasteiger partial charge in [0, 0.05) is 38.2 Å². The number of aryl methyl sites for hydroxylation is 1. The molecule has 3 rings (SSSR count). The minimum Gasteiger partial charge on any atom is -0.491 e. The van der Waals surface area contributed by atoms with Crippen molar-refractivity contribution in [3.8, 4) is 5.75 Å². The van der Waals surface area contributed by atoms with E-state index >= 15 is 0 Å². The molecule has 1 aliphatic rings. The van der Waals surface area contributed by atoms with E-state index in [0.29, 0.717) is 26.1 Å². The van der Waals surface area contributed by atoms with Crippen molar-refractivity contribution in [3.63, 3.8) is 0 Å². The molecule has 2 aromatic carbocycles. The summed E-state index contributed by atoms with van der Waals surface area (Å²) < 4.78 is 5.99. The fourth-order valence-corrected chi connectivity index (χ4v) is 3.78. The molecule has 0 radical (unpaired) electrons. The molecule has 1 saturated heterocycles. The average Bonchev–Trinajstić information content (AvgIpc) is 3.15. The van der Waals surface area contributed by atoms with E-state index in [1.165, 1.54) is 5.56 Å². The number of carbonyl (C=O) groups is 1. The molecule has 0 unspecified atom stereocenters. The van der Waals surface area contributed by atoms with Gasteiger partial charge in [-0.2, -0.15) is 0 Å². The molecule has 6 nitrogen and oxygen atoms in total. The van der Waals surface area contributed by atoms with Crippen LogP contribution in [0.2, 0.25) is 0 Å². The smallest absolute Gasteiger partial charge is 0.222 e. The van der Waals surface area contributed by atoms with E-state index in [0.717, 1.165) is 47.9 Å². The summed E-state index contributed by atoms with van der Waals surface area (Å²) >= 11 is 0. The van der Waals surface area contributed by atoms with Crippen LogP contribution in [0.15, 0.2) is 47.5 Å². The van der Waals surface area contributed by atoms with Crippen molar-refractivity contribution in [2.24, 2.45) is 4.99 Å². The Morgan fingerprint density at radius 2 is 1.97 bits per heavy atom. The molecule has 1 heterocycles. The second-order valence-electron chi connectivity index (χ2n) is 8.57. The molecule has 0 atom stereocenters. The molecule has 0 bridgehead atoms. The summed E-state index contributed by atoms with van der Waals surface area (Å²) in [5.74, 6) is 1.93. The molecule has 6 heteroatoms. The summed E-state index contributed by atoms with van der Waals surface area (Å²) in [4.78, 5) is 18.6. The lowest BCUT2D eigenvalue weighted by atomic mass is 10.1. The van der Waals surface area contributed by atoms with Crippen LogP contribution in [0.3, 0.4) is 0 Å². The predicted octanol–water partition coefficient (Wildman–Crippen LogP) is 4.16. The standard InChI is InChI=1S/C26H36N4O2/c1-5-27-26(29-17-23-12-11-20(4)14-24(23)32-19(2)3)28-16-21-8-6-9-22(15-21)18-30-13-7-10-25(30)31/h6,8-9,11-12,14-15,19H,5,7,10,13,16-18H2,1-4H3,(H2,27,28,29). The van der Waals surface area contributed by atoms with Crippen LogP contribution in [-0.2, 0) is 24.4 Å². The van der Waals surface area contributed by atoms with Gasteiger partial charge in [-0.05, 0) is 56.9 Å². The largest absolute Gasteiger partial charge is 0.491 e. The molecule has 1 amide bonds. The van der Waals surface area contributed by atoms with Gasteiger partial charge in [-0.25, -0.2) is 4.99 Å². The Bertz CT molecular complexity index is 939. The Kier molecular flexibility index (Phi) is 8.54. The molecular weight excluding hydrogens is 400 g/mol. The van der Waals surface area contributed by atoms with Crippen molar-refractivity contribution in [2.45, 2.75) is 66.3 Å². The molecule has 0 spiro atoms. The van der Waals surface area contributed by atoms with Crippen LogP contribution in [0.1, 0.15) is 55.9 Å². The van der Waals surface area contributed by atoms with Crippen LogP contribution in [0.25, 0.3) is 0 Å². The summed E-state index contributed by atoms with van der Waals surface area (Å²) in [5, 5.41) is 6.74. The number of hydrogen-bond donors (Lipinski definition) is 2. The quantitative estimate of drug-likeness (QED) is 0.458. The Labute approximate surface area is 192 Å². The zero-order chi connectivity index (χ0) is 22.9. The summed E-state index contributed by atoms with van der Waals surface area (Å²) in [5.41, 5.74) is 4.57. The van der Waals surface area contributed by atoms with Crippen LogP contribution in [-0.4, -0.2) is 36.0 Å². The van der Waals surface area contributed by atoms with Crippen LogP contribution < -0.4 is 15.4 Å². The third-order valence-electron chi connectivity index (χ3n) is 5.33. The molecule has 2 aromatic rings. The maximum absolute atomic E-state index is 11.9. The van der Waals surface area contributed by atoms with Gasteiger partial charge in [-0.3, -0.25) is 4.79 Å². The maximum Gasteiger partial charge on any atom is 0.222 e. The summed E-state index contributed by atoms with van der Waals surface area (Å²) in [6, 6.07) is 14.6. The number of nitrogens with zero attached hydrogens (tertiary/aromatic N) is 2. The Hall–Kier alpha value is -3.02. The van der Waals surface area contributed by atoms with Crippen LogP contribution in [0.5, 0.6) is 5.75 Å². The highest BCUT2D eigenvalue weighted by Crippen LogP contribution is 2.21. The third kappa shape index (κ3) is 7.01. The van der Waals surface area contributed by atoms with Gasteiger partial charge in [0.2, 0.25) is 5.91 Å². The molecule has 2 N–H and O–H groups in total. The highest BCUT2D eigenvalue weighted by Gasteiger charge is 2.19. The SMILES string of the molecule is CCNC(=NCc1cccc(CN2CCCC2=O)c1)NCc1ccc(C)cc1OC(C)C. The number of aliphatic imine (C=N–C) groups is 1. The minimum absolute atomic E-state index is 0.126. The first-order valence-corrected chi connectivity index (χ1v) is 11.6. The number of ether oxygens (including phenoxy) is 1. The van der Waals surface area contributed by atoms with Gasteiger partial charge in [0.05, 0.1) is 12.6 Å². The number of rotatable bonds is 9. The number of amides is 1. The van der Waals surface area contributed by atoms with Gasteiger partial charge in [-0.15, -0.1) is 0 Å². The van der Waals surface area contributed by atoms with Crippen molar-refractivity contribution >= 4 is 11.9 Å². The highest BCUT2D eigenvalue weighted by atomic mass is 16.5. The van der Waals surface area contributed by atoms with Gasteiger partial charge in [-0.1, -0.05) is 36.4 Å². The van der Waals surface area contributed by atoms with E-state index in [-0.39, 0.29) is 12.0 Å². The normalized spacial score (nSPS) is 14.2. The fourth-order valence-electron chi connectivity index (χ4n) is 3.78. The first kappa shape index (κ1) is 23.6. The van der Waals surface area contributed by atoms with Crippen LogP contribution in [0, 0.1) is 6.92 Å². The summed E-state index contributed by atoms with van der Waals surface area (Å²) in [6.07, 6.45) is 1.76. The van der Waals surface area contributed by atoms with Gasteiger partial charge < -0.3 is 20.3 Å². The maximum atomic E-state index is 11.9. The van der Waals surface area contributed by atoms with E-state index in [4.69, 9.17) is 9.73 Å². The van der Waals surface area contributed by atoms with Crippen molar-refractivity contribution in [1.82, 2.24) is 15.5 Å². The van der Waals surface area contributed by atoms with Crippen molar-refractivity contribution in [1.29, 1.82) is 0 Å². The van der Waals surface area contributed by atoms with Gasteiger partial charge >= 0.3 is 0 Å². The van der Waals surface area contributed by atoms with Gasteiger partial charge in [0.15, 0.2) is 5.96 Å². The number of likely N-dealkylation sites (tertiary alicyclic amines) is 1. The first-order valence-electron chi connectivity index (χ1n) is 11.6. The Morgan fingerprint density at radius 3 is 2.69 bits per heavy atom. The van der Waals surface area contributed by atoms with Gasteiger partial charge in [0.25, 0.3) is 0 Å². The molecule has 0 aromatic heterocycles. The van der Waals surface area contributed by atoms with E-state index < -0.39 is 0 Å². The minimum atomic E-state index is 0.126. The molecular formula is C26H36N4O2. The summed E-state index contributed by atoms with van der Waals surface area (Å²) in [7, 11) is 0. The lowest BCUT2D eigenvalue weighted by Crippen LogP contribution is -2.36. The van der Waals surface area contributed by atoms with Crippen molar-refractivity contribution in [2.75, 3.05) is 13.1 Å². The first-order chi connectivity index (χ1) is 15.4.